The van der Waals surface area contributed by atoms with E-state index in [1.807, 2.05) is 20.8 Å². The number of rotatable bonds is 5. The minimum atomic E-state index is -3.33. The van der Waals surface area contributed by atoms with Gasteiger partial charge < -0.3 is 10.1 Å². The highest BCUT2D eigenvalue weighted by Gasteiger charge is 2.27. The monoisotopic (exact) mass is 402 g/mol. The molecule has 0 aliphatic carbocycles. The fourth-order valence-corrected chi connectivity index (χ4v) is 4.86. The van der Waals surface area contributed by atoms with E-state index in [2.05, 4.69) is 5.32 Å². The van der Waals surface area contributed by atoms with E-state index in [9.17, 15) is 13.2 Å². The number of aryl methyl sites for hydroxylation is 1. The third-order valence-corrected chi connectivity index (χ3v) is 6.43. The van der Waals surface area contributed by atoms with E-state index in [-0.39, 0.29) is 17.8 Å². The van der Waals surface area contributed by atoms with Crippen LogP contribution in [0.5, 0.6) is 5.75 Å². The number of hydrogen-bond donors (Lipinski definition) is 1. The van der Waals surface area contributed by atoms with Crippen LogP contribution in [0.15, 0.2) is 42.5 Å². The van der Waals surface area contributed by atoms with Crippen LogP contribution < -0.4 is 14.4 Å². The molecule has 0 atom stereocenters. The van der Waals surface area contributed by atoms with Crippen molar-refractivity contribution in [2.75, 3.05) is 21.9 Å². The minimum absolute atomic E-state index is 0.0810. The number of carbonyl (C=O) groups is 1. The Kier molecular flexibility index (Phi) is 5.93. The van der Waals surface area contributed by atoms with Crippen molar-refractivity contribution in [3.63, 3.8) is 0 Å². The molecule has 28 heavy (non-hydrogen) atoms. The molecule has 1 aliphatic heterocycles. The molecule has 150 valence electrons. The zero-order valence-corrected chi connectivity index (χ0v) is 17.3. The summed E-state index contributed by atoms with van der Waals surface area (Å²) in [5.74, 6) is 0.599. The highest BCUT2D eigenvalue weighted by molar-refractivity contribution is 7.92. The van der Waals surface area contributed by atoms with E-state index in [1.54, 1.807) is 42.5 Å². The number of nitrogens with zero attached hydrogens (tertiary/aromatic N) is 1. The van der Waals surface area contributed by atoms with Crippen LogP contribution in [0.4, 0.5) is 11.4 Å². The maximum absolute atomic E-state index is 12.7. The predicted octanol–water partition coefficient (Wildman–Crippen LogP) is 3.96. The quantitative estimate of drug-likeness (QED) is 0.821. The average molecular weight is 403 g/mol. The summed E-state index contributed by atoms with van der Waals surface area (Å²) in [6.07, 6.45) is 1.58. The van der Waals surface area contributed by atoms with Crippen LogP contribution in [0, 0.1) is 6.92 Å². The summed E-state index contributed by atoms with van der Waals surface area (Å²) in [6, 6.07) is 12.3. The van der Waals surface area contributed by atoms with Gasteiger partial charge in [-0.1, -0.05) is 6.07 Å². The number of nitrogens with one attached hydrogen (secondary N) is 1. The third kappa shape index (κ3) is 4.65. The lowest BCUT2D eigenvalue weighted by Crippen LogP contribution is -2.38. The Balaban J connectivity index is 1.79. The Morgan fingerprint density at radius 1 is 1.11 bits per heavy atom. The number of anilines is 2. The smallest absolute Gasteiger partial charge is 0.255 e. The van der Waals surface area contributed by atoms with Gasteiger partial charge in [0, 0.05) is 17.8 Å². The van der Waals surface area contributed by atoms with Crippen LogP contribution in [0.1, 0.15) is 42.6 Å². The minimum Gasteiger partial charge on any atom is -0.491 e. The van der Waals surface area contributed by atoms with Gasteiger partial charge in [0.15, 0.2) is 0 Å². The highest BCUT2D eigenvalue weighted by atomic mass is 32.2. The van der Waals surface area contributed by atoms with Crippen molar-refractivity contribution in [3.8, 4) is 5.75 Å². The van der Waals surface area contributed by atoms with Gasteiger partial charge in [0.2, 0.25) is 10.0 Å². The molecule has 1 amide bonds. The van der Waals surface area contributed by atoms with Gasteiger partial charge in [-0.3, -0.25) is 9.10 Å². The first-order chi connectivity index (χ1) is 13.3. The molecule has 0 spiro atoms. The lowest BCUT2D eigenvalue weighted by molar-refractivity contribution is 0.102. The number of hydrogen-bond acceptors (Lipinski definition) is 4. The third-order valence-electron chi connectivity index (χ3n) is 4.57. The lowest BCUT2D eigenvalue weighted by Gasteiger charge is -2.29. The van der Waals surface area contributed by atoms with Crippen LogP contribution in [0.25, 0.3) is 0 Å². The van der Waals surface area contributed by atoms with E-state index in [0.29, 0.717) is 29.9 Å². The van der Waals surface area contributed by atoms with Gasteiger partial charge in [-0.15, -0.1) is 0 Å². The van der Waals surface area contributed by atoms with Gasteiger partial charge in [-0.2, -0.15) is 0 Å². The Bertz CT molecular complexity index is 953. The number of carbonyl (C=O) groups excluding carboxylic acids is 1. The molecule has 1 aliphatic rings. The van der Waals surface area contributed by atoms with E-state index < -0.39 is 10.0 Å². The van der Waals surface area contributed by atoms with E-state index in [1.165, 1.54) is 4.31 Å². The second-order valence-corrected chi connectivity index (χ2v) is 9.25. The second kappa shape index (κ2) is 8.22. The number of amides is 1. The van der Waals surface area contributed by atoms with E-state index in [4.69, 9.17) is 4.74 Å². The molecule has 6 nitrogen and oxygen atoms in total. The second-order valence-electron chi connectivity index (χ2n) is 7.24. The van der Waals surface area contributed by atoms with Crippen molar-refractivity contribution in [1.29, 1.82) is 0 Å². The predicted molar refractivity (Wildman–Crippen MR) is 112 cm³/mol. The van der Waals surface area contributed by atoms with Crippen molar-refractivity contribution in [3.05, 3.63) is 53.6 Å². The number of ether oxygens (including phenoxy) is 1. The summed E-state index contributed by atoms with van der Waals surface area (Å²) in [5.41, 5.74) is 2.47. The van der Waals surface area contributed by atoms with Gasteiger partial charge >= 0.3 is 0 Å². The van der Waals surface area contributed by atoms with Crippen molar-refractivity contribution >= 4 is 27.3 Å². The van der Waals surface area contributed by atoms with Crippen molar-refractivity contribution in [2.24, 2.45) is 0 Å². The van der Waals surface area contributed by atoms with E-state index in [0.717, 1.165) is 17.7 Å². The molecule has 1 heterocycles. The molecule has 1 N–H and O–H groups in total. The fourth-order valence-electron chi connectivity index (χ4n) is 3.17. The zero-order valence-electron chi connectivity index (χ0n) is 16.4. The molecule has 1 fully saturated rings. The molecule has 0 radical (unpaired) electrons. The summed E-state index contributed by atoms with van der Waals surface area (Å²) in [5, 5.41) is 2.85. The molecule has 2 aromatic rings. The van der Waals surface area contributed by atoms with Gasteiger partial charge in [-0.25, -0.2) is 8.42 Å². The molecule has 0 unspecified atom stereocenters. The van der Waals surface area contributed by atoms with Crippen molar-refractivity contribution in [1.82, 2.24) is 0 Å². The van der Waals surface area contributed by atoms with Gasteiger partial charge in [0.1, 0.15) is 5.75 Å². The first-order valence-corrected chi connectivity index (χ1v) is 11.1. The van der Waals surface area contributed by atoms with Gasteiger partial charge in [0.25, 0.3) is 5.91 Å². The molecule has 0 saturated carbocycles. The molecule has 3 rings (SSSR count). The summed E-state index contributed by atoms with van der Waals surface area (Å²) in [6.45, 7) is 6.21. The number of sulfonamides is 1. The maximum atomic E-state index is 12.7. The average Bonchev–Trinajstić information content (AvgIpc) is 2.63. The van der Waals surface area contributed by atoms with Gasteiger partial charge in [0.05, 0.1) is 17.5 Å². The van der Waals surface area contributed by atoms with Crippen LogP contribution in [-0.2, 0) is 10.0 Å². The Hall–Kier alpha value is -2.54. The van der Waals surface area contributed by atoms with E-state index >= 15 is 0 Å². The molecular formula is C21H26N2O4S. The number of benzene rings is 2. The van der Waals surface area contributed by atoms with Crippen molar-refractivity contribution < 1.29 is 17.9 Å². The van der Waals surface area contributed by atoms with Crippen LogP contribution in [-0.4, -0.2) is 32.7 Å². The molecule has 7 heteroatoms. The lowest BCUT2D eigenvalue weighted by atomic mass is 10.1. The summed E-state index contributed by atoms with van der Waals surface area (Å²) in [7, 11) is -3.33. The van der Waals surface area contributed by atoms with Crippen molar-refractivity contribution in [2.45, 2.75) is 39.7 Å². The summed E-state index contributed by atoms with van der Waals surface area (Å²) < 4.78 is 31.9. The SMILES string of the molecule is Cc1ccc(C(=O)Nc2ccc(OC(C)C)cc2)cc1N1CCCCS1(=O)=O. The molecular weight excluding hydrogens is 376 g/mol. The highest BCUT2D eigenvalue weighted by Crippen LogP contribution is 2.28. The molecule has 0 bridgehead atoms. The molecule has 0 aromatic heterocycles. The largest absolute Gasteiger partial charge is 0.491 e. The topological polar surface area (TPSA) is 75.7 Å². The summed E-state index contributed by atoms with van der Waals surface area (Å²) in [4.78, 5) is 12.7. The van der Waals surface area contributed by atoms with Crippen LogP contribution >= 0.6 is 0 Å². The first kappa shape index (κ1) is 20.2. The normalized spacial score (nSPS) is 16.1. The zero-order chi connectivity index (χ0) is 20.3. The Morgan fingerprint density at radius 2 is 1.82 bits per heavy atom. The Labute approximate surface area is 166 Å². The summed E-state index contributed by atoms with van der Waals surface area (Å²) >= 11 is 0. The molecule has 2 aromatic carbocycles. The standard InChI is InChI=1S/C21H26N2O4S/c1-15(2)27-19-10-8-18(9-11-19)22-21(24)17-7-6-16(3)20(14-17)23-12-4-5-13-28(23,25)26/h6-11,14-15H,4-5,12-13H2,1-3H3,(H,22,24). The fraction of sp³-hybridized carbons (Fsp3) is 0.381. The maximum Gasteiger partial charge on any atom is 0.255 e. The van der Waals surface area contributed by atoms with Crippen LogP contribution in [0.3, 0.4) is 0 Å². The van der Waals surface area contributed by atoms with Gasteiger partial charge in [-0.05, 0) is 75.6 Å². The molecule has 1 saturated heterocycles. The van der Waals surface area contributed by atoms with Crippen LogP contribution in [0.2, 0.25) is 0 Å². The Morgan fingerprint density at radius 3 is 2.46 bits per heavy atom. The first-order valence-electron chi connectivity index (χ1n) is 9.45.